The van der Waals surface area contributed by atoms with Crippen molar-refractivity contribution in [3.8, 4) is 11.5 Å². The van der Waals surface area contributed by atoms with Crippen molar-refractivity contribution in [2.75, 3.05) is 26.4 Å². The van der Waals surface area contributed by atoms with Gasteiger partial charge in [0.1, 0.15) is 29.5 Å². The van der Waals surface area contributed by atoms with Crippen LogP contribution >= 0.6 is 11.6 Å². The molecule has 0 bridgehead atoms. The van der Waals surface area contributed by atoms with E-state index in [1.807, 2.05) is 6.92 Å². The fraction of sp³-hybridized carbons (Fsp3) is 0.263. The predicted molar refractivity (Wildman–Crippen MR) is 97.8 cm³/mol. The zero-order valence-electron chi connectivity index (χ0n) is 14.7. The van der Waals surface area contributed by atoms with Gasteiger partial charge in [-0.3, -0.25) is 4.79 Å². The number of esters is 1. The van der Waals surface area contributed by atoms with Gasteiger partial charge in [0.2, 0.25) is 0 Å². The van der Waals surface area contributed by atoms with Crippen LogP contribution in [0.15, 0.2) is 42.5 Å². The Kier molecular flexibility index (Phi) is 7.88. The van der Waals surface area contributed by atoms with Gasteiger partial charge in [-0.1, -0.05) is 17.7 Å². The van der Waals surface area contributed by atoms with Gasteiger partial charge in [0.25, 0.3) is 5.91 Å². The summed E-state index contributed by atoms with van der Waals surface area (Å²) < 4.78 is 29.2. The highest BCUT2D eigenvalue weighted by Gasteiger charge is 2.18. The van der Waals surface area contributed by atoms with Gasteiger partial charge < -0.3 is 19.5 Å². The van der Waals surface area contributed by atoms with Crippen LogP contribution in [-0.2, 0) is 9.53 Å². The Balaban J connectivity index is 1.68. The molecule has 2 aromatic carbocycles. The van der Waals surface area contributed by atoms with Crippen molar-refractivity contribution in [1.82, 2.24) is 5.32 Å². The van der Waals surface area contributed by atoms with E-state index in [0.717, 1.165) is 11.8 Å². The van der Waals surface area contributed by atoms with Gasteiger partial charge in [0.05, 0.1) is 18.2 Å². The fourth-order valence-corrected chi connectivity index (χ4v) is 2.35. The second-order valence-corrected chi connectivity index (χ2v) is 5.68. The highest BCUT2D eigenvalue weighted by atomic mass is 35.5. The Hall–Kier alpha value is -2.80. The van der Waals surface area contributed by atoms with Gasteiger partial charge in [0, 0.05) is 0 Å². The number of rotatable bonds is 9. The number of halogens is 2. The lowest BCUT2D eigenvalue weighted by molar-refractivity contribution is -0.124. The Morgan fingerprint density at radius 3 is 2.37 bits per heavy atom. The van der Waals surface area contributed by atoms with Crippen LogP contribution in [0.25, 0.3) is 0 Å². The first-order valence-corrected chi connectivity index (χ1v) is 8.62. The lowest BCUT2D eigenvalue weighted by Crippen LogP contribution is -2.32. The minimum Gasteiger partial charge on any atom is -0.494 e. The standard InChI is InChI=1S/C19H19ClFNO5/c1-2-25-13-6-8-14(9-7-13)26-11-10-22-17(23)12-27-19(24)18-15(20)4-3-5-16(18)21/h3-9H,2,10-12H2,1H3,(H,22,23). The Morgan fingerprint density at radius 1 is 1.07 bits per heavy atom. The molecular formula is C19H19ClFNO5. The molecule has 0 radical (unpaired) electrons. The molecule has 144 valence electrons. The number of carbonyl (C=O) groups excluding carboxylic acids is 2. The predicted octanol–water partition coefficient (Wildman–Crippen LogP) is 3.23. The molecule has 27 heavy (non-hydrogen) atoms. The quantitative estimate of drug-likeness (QED) is 0.521. The number of amides is 1. The van der Waals surface area contributed by atoms with Crippen LogP contribution in [0, 0.1) is 5.82 Å². The van der Waals surface area contributed by atoms with Crippen molar-refractivity contribution in [3.05, 3.63) is 58.9 Å². The summed E-state index contributed by atoms with van der Waals surface area (Å²) in [4.78, 5) is 23.5. The van der Waals surface area contributed by atoms with E-state index in [-0.39, 0.29) is 18.2 Å². The van der Waals surface area contributed by atoms with Crippen molar-refractivity contribution in [2.24, 2.45) is 0 Å². The zero-order valence-corrected chi connectivity index (χ0v) is 15.4. The normalized spacial score (nSPS) is 10.2. The van der Waals surface area contributed by atoms with Gasteiger partial charge in [-0.25, -0.2) is 9.18 Å². The van der Waals surface area contributed by atoms with E-state index in [1.54, 1.807) is 24.3 Å². The molecule has 0 fully saturated rings. The molecule has 0 aliphatic heterocycles. The molecule has 6 nitrogen and oxygen atoms in total. The summed E-state index contributed by atoms with van der Waals surface area (Å²) in [5.74, 6) is -0.968. The van der Waals surface area contributed by atoms with Crippen molar-refractivity contribution in [3.63, 3.8) is 0 Å². The van der Waals surface area contributed by atoms with Gasteiger partial charge in [0.15, 0.2) is 6.61 Å². The average molecular weight is 396 g/mol. The monoisotopic (exact) mass is 395 g/mol. The molecule has 1 amide bonds. The largest absolute Gasteiger partial charge is 0.494 e. The summed E-state index contributed by atoms with van der Waals surface area (Å²) in [5.41, 5.74) is -0.397. The van der Waals surface area contributed by atoms with E-state index >= 15 is 0 Å². The highest BCUT2D eigenvalue weighted by Crippen LogP contribution is 2.20. The molecule has 0 atom stereocenters. The molecule has 0 aliphatic rings. The third-order valence-electron chi connectivity index (χ3n) is 3.33. The third-order valence-corrected chi connectivity index (χ3v) is 3.64. The second kappa shape index (κ2) is 10.4. The summed E-state index contributed by atoms with van der Waals surface area (Å²) >= 11 is 5.76. The van der Waals surface area contributed by atoms with Crippen molar-refractivity contribution in [1.29, 1.82) is 0 Å². The number of carbonyl (C=O) groups is 2. The first-order valence-electron chi connectivity index (χ1n) is 8.24. The molecule has 0 aliphatic carbocycles. The minimum absolute atomic E-state index is 0.0795. The highest BCUT2D eigenvalue weighted by molar-refractivity contribution is 6.33. The van der Waals surface area contributed by atoms with Crippen LogP contribution in [0.1, 0.15) is 17.3 Å². The molecule has 0 saturated carbocycles. The van der Waals surface area contributed by atoms with Crippen molar-refractivity contribution < 1.29 is 28.2 Å². The zero-order chi connectivity index (χ0) is 19.6. The summed E-state index contributed by atoms with van der Waals surface area (Å²) in [6, 6.07) is 10.9. The van der Waals surface area contributed by atoms with E-state index in [2.05, 4.69) is 5.32 Å². The lowest BCUT2D eigenvalue weighted by Gasteiger charge is -2.10. The molecule has 0 aromatic heterocycles. The Morgan fingerprint density at radius 2 is 1.74 bits per heavy atom. The molecule has 0 unspecified atom stereocenters. The Labute approximate surface area is 161 Å². The van der Waals surface area contributed by atoms with Gasteiger partial charge in [-0.05, 0) is 43.3 Å². The maximum absolute atomic E-state index is 13.6. The SMILES string of the molecule is CCOc1ccc(OCCNC(=O)COC(=O)c2c(F)cccc2Cl)cc1. The maximum atomic E-state index is 13.6. The van der Waals surface area contributed by atoms with E-state index in [9.17, 15) is 14.0 Å². The number of ether oxygens (including phenoxy) is 3. The van der Waals surface area contributed by atoms with Crippen molar-refractivity contribution in [2.45, 2.75) is 6.92 Å². The first-order chi connectivity index (χ1) is 13.0. The van der Waals surface area contributed by atoms with Gasteiger partial charge >= 0.3 is 5.97 Å². The third kappa shape index (κ3) is 6.45. The van der Waals surface area contributed by atoms with Crippen LogP contribution in [0.4, 0.5) is 4.39 Å². The van der Waals surface area contributed by atoms with E-state index < -0.39 is 29.9 Å². The van der Waals surface area contributed by atoms with E-state index in [4.69, 9.17) is 25.8 Å². The smallest absolute Gasteiger partial charge is 0.343 e. The second-order valence-electron chi connectivity index (χ2n) is 5.28. The average Bonchev–Trinajstić information content (AvgIpc) is 2.65. The summed E-state index contributed by atoms with van der Waals surface area (Å²) in [5, 5.41) is 2.45. The molecule has 0 saturated heterocycles. The number of hydrogen-bond acceptors (Lipinski definition) is 5. The Bertz CT molecular complexity index is 762. The van der Waals surface area contributed by atoms with Crippen LogP contribution < -0.4 is 14.8 Å². The number of benzene rings is 2. The minimum atomic E-state index is -1.00. The number of hydrogen-bond donors (Lipinski definition) is 1. The van der Waals surface area contributed by atoms with E-state index in [1.165, 1.54) is 12.1 Å². The molecule has 0 heterocycles. The van der Waals surface area contributed by atoms with Crippen LogP contribution in [0.5, 0.6) is 11.5 Å². The first kappa shape index (κ1) is 20.5. The summed E-state index contributed by atoms with van der Waals surface area (Å²) in [7, 11) is 0. The fourth-order valence-electron chi connectivity index (χ4n) is 2.11. The van der Waals surface area contributed by atoms with E-state index in [0.29, 0.717) is 12.4 Å². The molecular weight excluding hydrogens is 377 g/mol. The lowest BCUT2D eigenvalue weighted by atomic mass is 10.2. The van der Waals surface area contributed by atoms with Crippen LogP contribution in [0.2, 0.25) is 5.02 Å². The van der Waals surface area contributed by atoms with Crippen LogP contribution in [-0.4, -0.2) is 38.2 Å². The van der Waals surface area contributed by atoms with Gasteiger partial charge in [-0.15, -0.1) is 0 Å². The molecule has 2 aromatic rings. The molecule has 1 N–H and O–H groups in total. The van der Waals surface area contributed by atoms with Crippen molar-refractivity contribution >= 4 is 23.5 Å². The topological polar surface area (TPSA) is 73.9 Å². The van der Waals surface area contributed by atoms with Gasteiger partial charge in [-0.2, -0.15) is 0 Å². The molecule has 0 spiro atoms. The van der Waals surface area contributed by atoms with Crippen LogP contribution in [0.3, 0.4) is 0 Å². The summed E-state index contributed by atoms with van der Waals surface area (Å²) in [6.45, 7) is 2.37. The molecule has 2 rings (SSSR count). The summed E-state index contributed by atoms with van der Waals surface area (Å²) in [6.07, 6.45) is 0. The maximum Gasteiger partial charge on any atom is 0.343 e. The molecule has 8 heteroatoms. The number of nitrogens with one attached hydrogen (secondary N) is 1.